The Morgan fingerprint density at radius 1 is 0.581 bits per heavy atom. The number of alkyl halides is 1. The van der Waals surface area contributed by atoms with E-state index < -0.39 is 5.31 Å². The van der Waals surface area contributed by atoms with Crippen LogP contribution >= 0.6 is 32.4 Å². The first-order chi connectivity index (χ1) is 15.2. The van der Waals surface area contributed by atoms with Gasteiger partial charge in [-0.2, -0.15) is 0 Å². The summed E-state index contributed by atoms with van der Waals surface area (Å²) in [6.45, 7) is 0. The molecule has 0 heterocycles. The number of rotatable bonds is 12. The average molecular weight is 516 g/mol. The number of hydrogen-bond donors (Lipinski definition) is 0. The van der Waals surface area contributed by atoms with E-state index in [0.29, 0.717) is 0 Å². The van der Waals surface area contributed by atoms with Crippen LogP contribution in [0.2, 0.25) is 0 Å². The van der Waals surface area contributed by atoms with Crippen LogP contribution in [0.5, 0.6) is 0 Å². The molecule has 0 saturated carbocycles. The van der Waals surface area contributed by atoms with Crippen LogP contribution in [0.4, 0.5) is 0 Å². The number of halogens is 2. The summed E-state index contributed by atoms with van der Waals surface area (Å²) >= 11 is 10.3. The van der Waals surface area contributed by atoms with Gasteiger partial charge in [-0.05, 0) is 0 Å². The molecule has 0 aliphatic heterocycles. The van der Waals surface area contributed by atoms with Gasteiger partial charge < -0.3 is 0 Å². The minimum absolute atomic E-state index is 0.788. The number of allylic oxidation sites excluding steroid dienone is 2. The van der Waals surface area contributed by atoms with Gasteiger partial charge in [0.25, 0.3) is 0 Å². The molecule has 31 heavy (non-hydrogen) atoms. The zero-order valence-electron chi connectivity index (χ0n) is 18.2. The second-order valence-corrected chi connectivity index (χ2v) is 17.4. The predicted octanol–water partition coefficient (Wildman–Crippen LogP) is 7.96. The molecule has 0 nitrogen and oxygen atoms in total. The van der Waals surface area contributed by atoms with E-state index in [2.05, 4.69) is 119 Å². The van der Waals surface area contributed by atoms with Gasteiger partial charge in [-0.1, -0.05) is 0 Å². The fraction of sp³-hybridized carbons (Fsp3) is 0.286. The van der Waals surface area contributed by atoms with E-state index in [0.717, 1.165) is 24.9 Å². The molecule has 0 aliphatic carbocycles. The van der Waals surface area contributed by atoms with E-state index in [1.807, 2.05) is 0 Å². The monoisotopic (exact) mass is 514 g/mol. The molecule has 0 radical (unpaired) electrons. The molecule has 0 aromatic heterocycles. The van der Waals surface area contributed by atoms with Crippen LogP contribution in [0, 0.1) is 0 Å². The standard InChI is InChI=1S/C28H33BrClP/c29-31(26-18-10-7-11-19-26,27-20-12-8-13-21-27,28-22-14-9-15-23-28)25-17-6-4-2-1-3-5-16-24-30/h6-15,17-23H,1-5,16,24-25H2. The second kappa shape index (κ2) is 12.0. The molecular formula is C28H33BrClP. The van der Waals surface area contributed by atoms with E-state index in [-0.39, 0.29) is 0 Å². The van der Waals surface area contributed by atoms with Crippen molar-refractivity contribution >= 4 is 48.3 Å². The van der Waals surface area contributed by atoms with Crippen LogP contribution < -0.4 is 15.9 Å². The molecule has 0 spiro atoms. The normalized spacial score (nSPS) is 13.2. The summed E-state index contributed by atoms with van der Waals surface area (Å²) < 4.78 is 0. The van der Waals surface area contributed by atoms with Gasteiger partial charge >= 0.3 is 202 Å². The minimum atomic E-state index is -2.81. The van der Waals surface area contributed by atoms with Crippen LogP contribution in [0.15, 0.2) is 103 Å². The molecule has 0 atom stereocenters. The molecule has 0 saturated heterocycles. The Labute approximate surface area is 201 Å². The molecule has 3 aromatic carbocycles. The Morgan fingerprint density at radius 2 is 1.00 bits per heavy atom. The summed E-state index contributed by atoms with van der Waals surface area (Å²) in [7, 11) is 0. The van der Waals surface area contributed by atoms with Crippen molar-refractivity contribution in [2.75, 3.05) is 12.0 Å². The van der Waals surface area contributed by atoms with Gasteiger partial charge in [-0.3, -0.25) is 0 Å². The van der Waals surface area contributed by atoms with Gasteiger partial charge in [0.15, 0.2) is 0 Å². The topological polar surface area (TPSA) is 0 Å². The van der Waals surface area contributed by atoms with Gasteiger partial charge in [0.05, 0.1) is 0 Å². The number of unbranched alkanes of at least 4 members (excludes halogenated alkanes) is 5. The SMILES string of the molecule is ClCCCCCCCC=CCP(Br)(c1ccccc1)(c1ccccc1)c1ccccc1. The Hall–Kier alpha value is -1.40. The van der Waals surface area contributed by atoms with Crippen molar-refractivity contribution in [1.82, 2.24) is 0 Å². The average Bonchev–Trinajstić information content (AvgIpc) is 2.84. The fourth-order valence-electron chi connectivity index (χ4n) is 4.26. The van der Waals surface area contributed by atoms with Gasteiger partial charge in [0.2, 0.25) is 0 Å². The second-order valence-electron chi connectivity index (χ2n) is 8.09. The van der Waals surface area contributed by atoms with Crippen molar-refractivity contribution in [3.05, 3.63) is 103 Å². The van der Waals surface area contributed by atoms with Crippen LogP contribution in [0.1, 0.15) is 38.5 Å². The Balaban J connectivity index is 1.93. The van der Waals surface area contributed by atoms with E-state index in [1.54, 1.807) is 0 Å². The quantitative estimate of drug-likeness (QED) is 0.0993. The maximum absolute atomic E-state index is 5.78. The van der Waals surface area contributed by atoms with Crippen LogP contribution in [-0.4, -0.2) is 12.0 Å². The first-order valence-corrected chi connectivity index (χ1v) is 16.3. The van der Waals surface area contributed by atoms with Crippen molar-refractivity contribution in [2.24, 2.45) is 0 Å². The molecule has 0 bridgehead atoms. The maximum atomic E-state index is 5.78. The zero-order chi connectivity index (χ0) is 21.9. The van der Waals surface area contributed by atoms with Crippen molar-refractivity contribution in [3.8, 4) is 0 Å². The van der Waals surface area contributed by atoms with Gasteiger partial charge in [0.1, 0.15) is 0 Å². The molecule has 0 amide bonds. The van der Waals surface area contributed by atoms with Crippen molar-refractivity contribution < 1.29 is 0 Å². The predicted molar refractivity (Wildman–Crippen MR) is 147 cm³/mol. The van der Waals surface area contributed by atoms with Crippen molar-refractivity contribution in [1.29, 1.82) is 0 Å². The van der Waals surface area contributed by atoms with Gasteiger partial charge in [0, 0.05) is 0 Å². The molecule has 3 rings (SSSR count). The Bertz CT molecular complexity index is 826. The first-order valence-electron chi connectivity index (χ1n) is 11.3. The molecular weight excluding hydrogens is 483 g/mol. The van der Waals surface area contributed by atoms with Gasteiger partial charge in [-0.25, -0.2) is 0 Å². The third kappa shape index (κ3) is 5.70. The van der Waals surface area contributed by atoms with Crippen LogP contribution in [0.3, 0.4) is 0 Å². The van der Waals surface area contributed by atoms with Crippen molar-refractivity contribution in [3.63, 3.8) is 0 Å². The van der Waals surface area contributed by atoms with Crippen LogP contribution in [-0.2, 0) is 0 Å². The molecule has 3 aromatic rings. The summed E-state index contributed by atoms with van der Waals surface area (Å²) in [5.74, 6) is 0.788. The molecule has 0 aliphatic rings. The first kappa shape index (κ1) is 24.2. The molecule has 3 heteroatoms. The van der Waals surface area contributed by atoms with Crippen molar-refractivity contribution in [2.45, 2.75) is 38.5 Å². The molecule has 164 valence electrons. The third-order valence-electron chi connectivity index (χ3n) is 6.00. The van der Waals surface area contributed by atoms with Crippen LogP contribution in [0.25, 0.3) is 0 Å². The van der Waals surface area contributed by atoms with E-state index >= 15 is 0 Å². The number of benzene rings is 3. The Kier molecular flexibility index (Phi) is 9.39. The number of hydrogen-bond acceptors (Lipinski definition) is 0. The van der Waals surface area contributed by atoms with E-state index in [4.69, 9.17) is 11.6 Å². The summed E-state index contributed by atoms with van der Waals surface area (Å²) in [6.07, 6.45) is 13.1. The molecule has 0 unspecified atom stereocenters. The Morgan fingerprint density at radius 3 is 1.45 bits per heavy atom. The third-order valence-corrected chi connectivity index (χ3v) is 15.8. The summed E-state index contributed by atoms with van der Waals surface area (Å²) in [5, 5.41) is 1.30. The zero-order valence-corrected chi connectivity index (χ0v) is 21.4. The molecule has 0 fully saturated rings. The van der Waals surface area contributed by atoms with E-state index in [9.17, 15) is 0 Å². The van der Waals surface area contributed by atoms with Gasteiger partial charge in [-0.15, -0.1) is 0 Å². The molecule has 0 N–H and O–H groups in total. The van der Waals surface area contributed by atoms with E-state index in [1.165, 1.54) is 41.6 Å². The fourth-order valence-corrected chi connectivity index (χ4v) is 11.5. The summed E-state index contributed by atoms with van der Waals surface area (Å²) in [4.78, 5) is 0. The summed E-state index contributed by atoms with van der Waals surface area (Å²) in [5.41, 5.74) is 0. The summed E-state index contributed by atoms with van der Waals surface area (Å²) in [6, 6.07) is 33.0.